The normalized spacial score (nSPS) is 20.5. The van der Waals surface area contributed by atoms with Crippen LogP contribution in [0.25, 0.3) is 0 Å². The van der Waals surface area contributed by atoms with Crippen molar-refractivity contribution >= 4 is 5.96 Å². The van der Waals surface area contributed by atoms with Gasteiger partial charge in [0.1, 0.15) is 0 Å². The van der Waals surface area contributed by atoms with Gasteiger partial charge in [0.25, 0.3) is 0 Å². The number of guanidine groups is 1. The molecule has 3 nitrogen and oxygen atoms in total. The Morgan fingerprint density at radius 3 is 2.67 bits per heavy atom. The third-order valence-electron chi connectivity index (χ3n) is 3.28. The fourth-order valence-corrected chi connectivity index (χ4v) is 2.11. The van der Waals surface area contributed by atoms with E-state index in [1.807, 2.05) is 0 Å². The summed E-state index contributed by atoms with van der Waals surface area (Å²) in [4.78, 5) is 4.43. The standard InChI is InChI=1S/C12H25N3/c1-3-4-9-14-11(13)15-10-12(2)7-5-6-8-12/h3-10H2,1-2H3,(H3,13,14,15). The summed E-state index contributed by atoms with van der Waals surface area (Å²) in [7, 11) is 0. The molecule has 1 aliphatic rings. The largest absolute Gasteiger partial charge is 0.370 e. The molecule has 0 spiro atoms. The zero-order valence-electron chi connectivity index (χ0n) is 10.2. The lowest BCUT2D eigenvalue weighted by Gasteiger charge is -2.20. The summed E-state index contributed by atoms with van der Waals surface area (Å²) in [5, 5.41) is 3.15. The molecule has 0 unspecified atom stereocenters. The molecule has 15 heavy (non-hydrogen) atoms. The molecule has 1 fully saturated rings. The van der Waals surface area contributed by atoms with Crippen LogP contribution in [0.4, 0.5) is 0 Å². The van der Waals surface area contributed by atoms with Gasteiger partial charge >= 0.3 is 0 Å². The maximum Gasteiger partial charge on any atom is 0.188 e. The first-order chi connectivity index (χ1) is 7.16. The lowest BCUT2D eigenvalue weighted by Crippen LogP contribution is -2.33. The Morgan fingerprint density at radius 2 is 2.07 bits per heavy atom. The summed E-state index contributed by atoms with van der Waals surface area (Å²) in [6.07, 6.45) is 7.67. The second-order valence-corrected chi connectivity index (χ2v) is 5.00. The molecular weight excluding hydrogens is 186 g/mol. The van der Waals surface area contributed by atoms with Crippen LogP contribution < -0.4 is 11.1 Å². The second kappa shape index (κ2) is 5.99. The van der Waals surface area contributed by atoms with Crippen LogP contribution in [-0.4, -0.2) is 19.0 Å². The summed E-state index contributed by atoms with van der Waals surface area (Å²) in [5.74, 6) is 0.622. The molecule has 0 bridgehead atoms. The molecule has 88 valence electrons. The van der Waals surface area contributed by atoms with Crippen LogP contribution in [0.2, 0.25) is 0 Å². The fourth-order valence-electron chi connectivity index (χ4n) is 2.11. The number of rotatable bonds is 5. The predicted octanol–water partition coefficient (Wildman–Crippen LogP) is 2.27. The number of hydrogen-bond donors (Lipinski definition) is 2. The summed E-state index contributed by atoms with van der Waals surface area (Å²) < 4.78 is 0. The van der Waals surface area contributed by atoms with Gasteiger partial charge in [0.05, 0.1) is 0 Å². The van der Waals surface area contributed by atoms with Crippen molar-refractivity contribution in [1.29, 1.82) is 0 Å². The molecule has 0 atom stereocenters. The van der Waals surface area contributed by atoms with Crippen molar-refractivity contribution < 1.29 is 0 Å². The molecule has 3 heteroatoms. The van der Waals surface area contributed by atoms with Gasteiger partial charge in [-0.2, -0.15) is 0 Å². The lowest BCUT2D eigenvalue weighted by molar-refractivity contribution is 0.351. The SMILES string of the molecule is CCCCNC(N)=NCC1(C)CCCC1. The molecule has 0 aliphatic heterocycles. The Bertz CT molecular complexity index is 205. The van der Waals surface area contributed by atoms with E-state index in [0.29, 0.717) is 11.4 Å². The highest BCUT2D eigenvalue weighted by Gasteiger charge is 2.28. The van der Waals surface area contributed by atoms with E-state index in [1.54, 1.807) is 0 Å². The van der Waals surface area contributed by atoms with Gasteiger partial charge in [-0.25, -0.2) is 0 Å². The minimum atomic E-state index is 0.414. The third-order valence-corrected chi connectivity index (χ3v) is 3.28. The summed E-state index contributed by atoms with van der Waals surface area (Å²) in [6.45, 7) is 6.33. The number of nitrogens with two attached hydrogens (primary N) is 1. The van der Waals surface area contributed by atoms with Crippen molar-refractivity contribution in [2.24, 2.45) is 16.1 Å². The monoisotopic (exact) mass is 211 g/mol. The zero-order chi connectivity index (χ0) is 11.1. The molecule has 0 saturated heterocycles. The quantitative estimate of drug-likeness (QED) is 0.416. The first-order valence-corrected chi connectivity index (χ1v) is 6.20. The van der Waals surface area contributed by atoms with Crippen molar-refractivity contribution in [3.8, 4) is 0 Å². The van der Waals surface area contributed by atoms with Gasteiger partial charge in [-0.05, 0) is 24.7 Å². The van der Waals surface area contributed by atoms with Crippen LogP contribution in [0.15, 0.2) is 4.99 Å². The van der Waals surface area contributed by atoms with E-state index in [0.717, 1.165) is 19.5 Å². The molecule has 0 aromatic carbocycles. The van der Waals surface area contributed by atoms with E-state index < -0.39 is 0 Å². The molecule has 1 aliphatic carbocycles. The average Bonchev–Trinajstić information content (AvgIpc) is 2.64. The number of nitrogens with zero attached hydrogens (tertiary/aromatic N) is 1. The fraction of sp³-hybridized carbons (Fsp3) is 0.917. The predicted molar refractivity (Wildman–Crippen MR) is 66.0 cm³/mol. The van der Waals surface area contributed by atoms with E-state index >= 15 is 0 Å². The summed E-state index contributed by atoms with van der Waals surface area (Å²) in [6, 6.07) is 0. The molecule has 1 saturated carbocycles. The number of unbranched alkanes of at least 4 members (excludes halogenated alkanes) is 1. The highest BCUT2D eigenvalue weighted by Crippen LogP contribution is 2.37. The van der Waals surface area contributed by atoms with E-state index in [1.165, 1.54) is 32.1 Å². The van der Waals surface area contributed by atoms with Gasteiger partial charge in [-0.15, -0.1) is 0 Å². The van der Waals surface area contributed by atoms with Gasteiger partial charge in [-0.1, -0.05) is 33.1 Å². The number of hydrogen-bond acceptors (Lipinski definition) is 1. The Kier molecular flexibility index (Phi) is 4.92. The van der Waals surface area contributed by atoms with Crippen LogP contribution in [-0.2, 0) is 0 Å². The highest BCUT2D eigenvalue weighted by atomic mass is 15.1. The first kappa shape index (κ1) is 12.3. The minimum absolute atomic E-state index is 0.414. The van der Waals surface area contributed by atoms with Crippen molar-refractivity contribution in [3.63, 3.8) is 0 Å². The van der Waals surface area contributed by atoms with Crippen LogP contribution in [0, 0.1) is 5.41 Å². The molecule has 1 rings (SSSR count). The van der Waals surface area contributed by atoms with Crippen molar-refractivity contribution in [2.45, 2.75) is 52.4 Å². The minimum Gasteiger partial charge on any atom is -0.370 e. The summed E-state index contributed by atoms with van der Waals surface area (Å²) in [5.41, 5.74) is 6.20. The van der Waals surface area contributed by atoms with Crippen molar-refractivity contribution in [2.75, 3.05) is 13.1 Å². The van der Waals surface area contributed by atoms with E-state index in [-0.39, 0.29) is 0 Å². The first-order valence-electron chi connectivity index (χ1n) is 6.20. The highest BCUT2D eigenvalue weighted by molar-refractivity contribution is 5.77. The molecule has 0 heterocycles. The molecular formula is C12H25N3. The van der Waals surface area contributed by atoms with E-state index in [2.05, 4.69) is 24.2 Å². The summed E-state index contributed by atoms with van der Waals surface area (Å²) >= 11 is 0. The maximum atomic E-state index is 5.79. The Labute approximate surface area is 93.5 Å². The zero-order valence-corrected chi connectivity index (χ0v) is 10.2. The van der Waals surface area contributed by atoms with Crippen LogP contribution in [0.1, 0.15) is 52.4 Å². The van der Waals surface area contributed by atoms with Gasteiger partial charge in [0, 0.05) is 13.1 Å². The Morgan fingerprint density at radius 1 is 1.40 bits per heavy atom. The Balaban J connectivity index is 2.23. The lowest BCUT2D eigenvalue weighted by atomic mass is 9.89. The average molecular weight is 211 g/mol. The van der Waals surface area contributed by atoms with Crippen LogP contribution in [0.3, 0.4) is 0 Å². The van der Waals surface area contributed by atoms with Crippen molar-refractivity contribution in [1.82, 2.24) is 5.32 Å². The molecule has 0 aromatic heterocycles. The van der Waals surface area contributed by atoms with E-state index in [4.69, 9.17) is 5.73 Å². The van der Waals surface area contributed by atoms with Gasteiger partial charge < -0.3 is 11.1 Å². The number of nitrogens with one attached hydrogen (secondary N) is 1. The molecule has 0 aromatic rings. The number of aliphatic imine (C=N–C) groups is 1. The molecule has 0 amide bonds. The van der Waals surface area contributed by atoms with E-state index in [9.17, 15) is 0 Å². The smallest absolute Gasteiger partial charge is 0.188 e. The van der Waals surface area contributed by atoms with Gasteiger partial charge in [0.2, 0.25) is 0 Å². The van der Waals surface area contributed by atoms with Gasteiger partial charge in [0.15, 0.2) is 5.96 Å². The van der Waals surface area contributed by atoms with Crippen LogP contribution in [0.5, 0.6) is 0 Å². The Hall–Kier alpha value is -0.730. The van der Waals surface area contributed by atoms with Gasteiger partial charge in [-0.3, -0.25) is 4.99 Å². The molecule has 0 radical (unpaired) electrons. The van der Waals surface area contributed by atoms with Crippen LogP contribution >= 0.6 is 0 Å². The maximum absolute atomic E-state index is 5.79. The third kappa shape index (κ3) is 4.54. The topological polar surface area (TPSA) is 50.4 Å². The molecule has 3 N–H and O–H groups in total. The van der Waals surface area contributed by atoms with Crippen molar-refractivity contribution in [3.05, 3.63) is 0 Å². The second-order valence-electron chi connectivity index (χ2n) is 5.00.